The van der Waals surface area contributed by atoms with Crippen LogP contribution in [-0.4, -0.2) is 34.0 Å². The molecule has 2 heterocycles. The van der Waals surface area contributed by atoms with Crippen LogP contribution in [0.3, 0.4) is 0 Å². The van der Waals surface area contributed by atoms with Gasteiger partial charge in [-0.2, -0.15) is 0 Å². The zero-order chi connectivity index (χ0) is 16.5. The van der Waals surface area contributed by atoms with Crippen molar-refractivity contribution in [1.82, 2.24) is 15.5 Å². The van der Waals surface area contributed by atoms with E-state index in [9.17, 15) is 4.79 Å². The van der Waals surface area contributed by atoms with Gasteiger partial charge in [0.15, 0.2) is 11.5 Å². The Bertz CT molecular complexity index is 746. The first-order chi connectivity index (χ1) is 11.7. The Morgan fingerprint density at radius 1 is 1.29 bits per heavy atom. The molecule has 1 saturated carbocycles. The summed E-state index contributed by atoms with van der Waals surface area (Å²) < 4.78 is 17.1. The van der Waals surface area contributed by atoms with Crippen LogP contribution in [0.1, 0.15) is 31.8 Å². The van der Waals surface area contributed by atoms with Gasteiger partial charge in [0.2, 0.25) is 12.0 Å². The lowest BCUT2D eigenvalue weighted by Gasteiger charge is -2.23. The number of nitrogens with one attached hydrogen (secondary N) is 1. The number of carbonyl (C=O) groups is 1. The highest BCUT2D eigenvalue weighted by Gasteiger charge is 2.29. The first-order valence-electron chi connectivity index (χ1n) is 7.88. The first-order valence-corrected chi connectivity index (χ1v) is 8.76. The number of thioether (sulfide) groups is 1. The predicted octanol–water partition coefficient (Wildman–Crippen LogP) is 2.34. The fourth-order valence-corrected chi connectivity index (χ4v) is 2.99. The summed E-state index contributed by atoms with van der Waals surface area (Å²) in [6, 6.07) is 7.78. The third-order valence-corrected chi connectivity index (χ3v) is 4.71. The van der Waals surface area contributed by atoms with Crippen molar-refractivity contribution >= 4 is 17.7 Å². The second kappa shape index (κ2) is 6.35. The normalized spacial score (nSPS) is 20.5. The summed E-state index contributed by atoms with van der Waals surface area (Å²) in [5.41, 5.74) is 0. The highest BCUT2D eigenvalue weighted by Crippen LogP contribution is 2.36. The SMILES string of the molecule is C[C@H](Sc1nnc([C@@H]2COc3ccccc3O2)o1)C(=O)NC1CC1. The molecule has 1 aliphatic carbocycles. The van der Waals surface area contributed by atoms with Gasteiger partial charge in [-0.25, -0.2) is 0 Å². The smallest absolute Gasteiger partial charge is 0.277 e. The summed E-state index contributed by atoms with van der Waals surface area (Å²) in [6.07, 6.45) is 1.68. The second-order valence-corrected chi connectivity index (χ2v) is 7.11. The number of rotatable bonds is 5. The van der Waals surface area contributed by atoms with Gasteiger partial charge >= 0.3 is 0 Å². The molecule has 2 aliphatic rings. The van der Waals surface area contributed by atoms with E-state index in [2.05, 4.69) is 15.5 Å². The topological polar surface area (TPSA) is 86.5 Å². The van der Waals surface area contributed by atoms with E-state index < -0.39 is 6.10 Å². The predicted molar refractivity (Wildman–Crippen MR) is 86.1 cm³/mol. The molecule has 1 fully saturated rings. The Morgan fingerprint density at radius 2 is 2.08 bits per heavy atom. The maximum Gasteiger partial charge on any atom is 0.277 e. The van der Waals surface area contributed by atoms with Gasteiger partial charge in [-0.3, -0.25) is 4.79 Å². The number of benzene rings is 1. The van der Waals surface area contributed by atoms with Crippen molar-refractivity contribution in [3.8, 4) is 11.5 Å². The minimum absolute atomic E-state index is 0.00609. The number of ether oxygens (including phenoxy) is 2. The minimum atomic E-state index is -0.447. The minimum Gasteiger partial charge on any atom is -0.485 e. The largest absolute Gasteiger partial charge is 0.485 e. The summed E-state index contributed by atoms with van der Waals surface area (Å²) in [7, 11) is 0. The van der Waals surface area contributed by atoms with Crippen molar-refractivity contribution in [1.29, 1.82) is 0 Å². The van der Waals surface area contributed by atoms with Gasteiger partial charge in [0.1, 0.15) is 6.61 Å². The quantitative estimate of drug-likeness (QED) is 0.831. The molecule has 24 heavy (non-hydrogen) atoms. The molecule has 0 bridgehead atoms. The highest BCUT2D eigenvalue weighted by molar-refractivity contribution is 8.00. The number of amides is 1. The van der Waals surface area contributed by atoms with E-state index in [1.54, 1.807) is 0 Å². The highest BCUT2D eigenvalue weighted by atomic mass is 32.2. The fourth-order valence-electron chi connectivity index (χ4n) is 2.29. The van der Waals surface area contributed by atoms with E-state index in [-0.39, 0.29) is 11.2 Å². The fraction of sp³-hybridized carbons (Fsp3) is 0.438. The van der Waals surface area contributed by atoms with E-state index in [4.69, 9.17) is 13.9 Å². The van der Waals surface area contributed by atoms with Crippen molar-refractivity contribution in [2.75, 3.05) is 6.61 Å². The molecule has 0 spiro atoms. The van der Waals surface area contributed by atoms with Crippen LogP contribution in [0.2, 0.25) is 0 Å². The molecule has 0 saturated heterocycles. The van der Waals surface area contributed by atoms with Gasteiger partial charge in [0.05, 0.1) is 5.25 Å². The Morgan fingerprint density at radius 3 is 2.88 bits per heavy atom. The summed E-state index contributed by atoms with van der Waals surface area (Å²) in [5, 5.41) is 11.0. The van der Waals surface area contributed by atoms with Crippen LogP contribution in [0.5, 0.6) is 11.5 Å². The summed E-state index contributed by atoms with van der Waals surface area (Å²) >= 11 is 1.24. The van der Waals surface area contributed by atoms with Gasteiger partial charge in [-0.05, 0) is 31.9 Å². The molecule has 0 radical (unpaired) electrons. The van der Waals surface area contributed by atoms with Gasteiger partial charge in [0, 0.05) is 6.04 Å². The molecule has 1 aliphatic heterocycles. The molecule has 1 aromatic heterocycles. The summed E-state index contributed by atoms with van der Waals surface area (Å²) in [4.78, 5) is 12.0. The first kappa shape index (κ1) is 15.3. The number of carbonyl (C=O) groups excluding carboxylic acids is 1. The van der Waals surface area contributed by atoms with Crippen molar-refractivity contribution in [2.45, 2.75) is 42.4 Å². The molecule has 1 aromatic carbocycles. The molecule has 126 valence electrons. The number of hydrogen-bond acceptors (Lipinski definition) is 7. The number of nitrogens with zero attached hydrogens (tertiary/aromatic N) is 2. The summed E-state index contributed by atoms with van der Waals surface area (Å²) in [5.74, 6) is 1.70. The lowest BCUT2D eigenvalue weighted by atomic mass is 10.2. The molecule has 7 nitrogen and oxygen atoms in total. The Labute approximate surface area is 143 Å². The third-order valence-electron chi connectivity index (χ3n) is 3.78. The van der Waals surface area contributed by atoms with E-state index in [0.29, 0.717) is 35.3 Å². The van der Waals surface area contributed by atoms with Crippen molar-refractivity contribution in [3.05, 3.63) is 30.2 Å². The monoisotopic (exact) mass is 347 g/mol. The third kappa shape index (κ3) is 3.33. The van der Waals surface area contributed by atoms with Crippen LogP contribution < -0.4 is 14.8 Å². The van der Waals surface area contributed by atoms with E-state index in [1.165, 1.54) is 11.8 Å². The molecule has 8 heteroatoms. The molecule has 2 aromatic rings. The van der Waals surface area contributed by atoms with Gasteiger partial charge in [-0.15, -0.1) is 10.2 Å². The average Bonchev–Trinajstić information content (AvgIpc) is 3.29. The molecular formula is C16H17N3O4S. The van der Waals surface area contributed by atoms with Gasteiger partial charge in [0.25, 0.3) is 11.1 Å². The van der Waals surface area contributed by atoms with Crippen molar-refractivity contribution in [3.63, 3.8) is 0 Å². The lowest BCUT2D eigenvalue weighted by Crippen LogP contribution is -2.32. The average molecular weight is 347 g/mol. The van der Waals surface area contributed by atoms with E-state index in [0.717, 1.165) is 12.8 Å². The number of aromatic nitrogens is 2. The lowest BCUT2D eigenvalue weighted by molar-refractivity contribution is -0.120. The van der Waals surface area contributed by atoms with Crippen LogP contribution >= 0.6 is 11.8 Å². The second-order valence-electron chi connectivity index (χ2n) is 5.81. The molecular weight excluding hydrogens is 330 g/mol. The van der Waals surface area contributed by atoms with Crippen LogP contribution in [-0.2, 0) is 4.79 Å². The Hall–Kier alpha value is -2.22. The standard InChI is InChI=1S/C16H17N3O4S/c1-9(14(20)17-10-6-7-10)24-16-19-18-15(23-16)13-8-21-11-4-2-3-5-12(11)22-13/h2-5,9-10,13H,6-8H2,1H3,(H,17,20)/t9-,13-/m0/s1. The van der Waals surface area contributed by atoms with Crippen LogP contribution in [0.25, 0.3) is 0 Å². The van der Waals surface area contributed by atoms with Crippen molar-refractivity contribution < 1.29 is 18.7 Å². The van der Waals surface area contributed by atoms with Crippen molar-refractivity contribution in [2.24, 2.45) is 0 Å². The maximum atomic E-state index is 12.0. The Balaban J connectivity index is 1.39. The number of fused-ring (bicyclic) bond motifs is 1. The zero-order valence-corrected chi connectivity index (χ0v) is 13.9. The molecule has 0 unspecified atom stereocenters. The van der Waals surface area contributed by atoms with Crippen LogP contribution in [0.15, 0.2) is 33.9 Å². The molecule has 2 atom stereocenters. The van der Waals surface area contributed by atoms with Crippen LogP contribution in [0, 0.1) is 0 Å². The zero-order valence-electron chi connectivity index (χ0n) is 13.1. The maximum absolute atomic E-state index is 12.0. The number of para-hydroxylation sites is 2. The molecule has 1 N–H and O–H groups in total. The number of hydrogen-bond donors (Lipinski definition) is 1. The van der Waals surface area contributed by atoms with Gasteiger partial charge < -0.3 is 19.2 Å². The summed E-state index contributed by atoms with van der Waals surface area (Å²) in [6.45, 7) is 2.13. The van der Waals surface area contributed by atoms with Gasteiger partial charge in [-0.1, -0.05) is 23.9 Å². The van der Waals surface area contributed by atoms with E-state index >= 15 is 0 Å². The molecule has 4 rings (SSSR count). The Kier molecular flexibility index (Phi) is 4.05. The van der Waals surface area contributed by atoms with Crippen LogP contribution in [0.4, 0.5) is 0 Å². The molecule has 1 amide bonds. The van der Waals surface area contributed by atoms with E-state index in [1.807, 2.05) is 31.2 Å².